The number of nitrogens with zero attached hydrogens (tertiary/aromatic N) is 2. The van der Waals surface area contributed by atoms with Gasteiger partial charge < -0.3 is 4.42 Å². The molecular formula is C30H23N3O2S. The molecule has 36 heavy (non-hydrogen) atoms. The van der Waals surface area contributed by atoms with E-state index in [-0.39, 0.29) is 11.8 Å². The average molecular weight is 490 g/mol. The van der Waals surface area contributed by atoms with Crippen LogP contribution in [0, 0.1) is 18.3 Å². The van der Waals surface area contributed by atoms with Crippen molar-refractivity contribution in [3.8, 4) is 28.5 Å². The van der Waals surface area contributed by atoms with Crippen molar-refractivity contribution in [1.82, 2.24) is 4.98 Å². The summed E-state index contributed by atoms with van der Waals surface area (Å²) in [5.74, 6) is 0.424. The number of hydrogen-bond donors (Lipinski definition) is 1. The van der Waals surface area contributed by atoms with Crippen LogP contribution in [0.1, 0.15) is 18.1 Å². The summed E-state index contributed by atoms with van der Waals surface area (Å²) >= 11 is 1.37. The number of aromatic nitrogens is 1. The zero-order chi connectivity index (χ0) is 25.1. The standard InChI is InChI=1S/C30H23N3O2S/c1-19-17-26(32-25-16-10-9-15-23(19)25)36-20(2)29(34)33-30-24(18-31)27(21-11-5-3-6-12-21)28(35-30)22-13-7-4-8-14-22/h3-17,20H,1-2H3,(H,33,34). The molecule has 0 aliphatic heterocycles. The van der Waals surface area contributed by atoms with Crippen molar-refractivity contribution in [2.75, 3.05) is 5.32 Å². The van der Waals surface area contributed by atoms with Crippen LogP contribution in [0.15, 0.2) is 100 Å². The van der Waals surface area contributed by atoms with Crippen molar-refractivity contribution in [3.05, 3.63) is 102 Å². The number of aryl methyl sites for hydroxylation is 1. The zero-order valence-electron chi connectivity index (χ0n) is 19.9. The molecule has 0 radical (unpaired) electrons. The van der Waals surface area contributed by atoms with Gasteiger partial charge in [0, 0.05) is 16.5 Å². The number of amides is 1. The molecule has 0 aliphatic rings. The Kier molecular flexibility index (Phi) is 6.57. The van der Waals surface area contributed by atoms with Crippen LogP contribution in [0.5, 0.6) is 0 Å². The number of nitrogens with one attached hydrogen (secondary N) is 1. The Hall–Kier alpha value is -4.34. The lowest BCUT2D eigenvalue weighted by Gasteiger charge is -2.12. The average Bonchev–Trinajstić information content (AvgIpc) is 3.27. The summed E-state index contributed by atoms with van der Waals surface area (Å²) in [5, 5.41) is 14.3. The molecule has 176 valence electrons. The van der Waals surface area contributed by atoms with Gasteiger partial charge in [-0.3, -0.25) is 10.1 Å². The Morgan fingerprint density at radius 1 is 0.972 bits per heavy atom. The maximum Gasteiger partial charge on any atom is 0.239 e. The number of carbonyl (C=O) groups is 1. The Balaban J connectivity index is 1.46. The van der Waals surface area contributed by atoms with Crippen molar-refractivity contribution in [1.29, 1.82) is 5.26 Å². The third-order valence-corrected chi connectivity index (χ3v) is 6.94. The molecule has 0 aliphatic carbocycles. The summed E-state index contributed by atoms with van der Waals surface area (Å²) in [6, 6.07) is 31.4. The first kappa shape index (κ1) is 23.4. The molecule has 5 aromatic rings. The molecular weight excluding hydrogens is 466 g/mol. The number of rotatable bonds is 6. The van der Waals surface area contributed by atoms with Gasteiger partial charge in [-0.25, -0.2) is 4.98 Å². The second-order valence-corrected chi connectivity index (χ2v) is 9.76. The lowest BCUT2D eigenvalue weighted by Crippen LogP contribution is -2.22. The van der Waals surface area contributed by atoms with Crippen molar-refractivity contribution in [2.24, 2.45) is 0 Å². The predicted molar refractivity (Wildman–Crippen MR) is 145 cm³/mol. The number of furan rings is 1. The maximum absolute atomic E-state index is 13.2. The number of anilines is 1. The zero-order valence-corrected chi connectivity index (χ0v) is 20.7. The molecule has 5 nitrogen and oxygen atoms in total. The van der Waals surface area contributed by atoms with Crippen LogP contribution in [0.3, 0.4) is 0 Å². The lowest BCUT2D eigenvalue weighted by molar-refractivity contribution is -0.115. The summed E-state index contributed by atoms with van der Waals surface area (Å²) in [4.78, 5) is 17.9. The van der Waals surface area contributed by atoms with Gasteiger partial charge in [-0.05, 0) is 37.1 Å². The van der Waals surface area contributed by atoms with E-state index in [1.807, 2.05) is 105 Å². The number of hydrogen-bond acceptors (Lipinski definition) is 5. The van der Waals surface area contributed by atoms with E-state index in [9.17, 15) is 10.1 Å². The van der Waals surface area contributed by atoms with Gasteiger partial charge in [0.1, 0.15) is 17.4 Å². The van der Waals surface area contributed by atoms with Gasteiger partial charge in [0.2, 0.25) is 11.8 Å². The number of pyridine rings is 1. The fourth-order valence-electron chi connectivity index (χ4n) is 4.13. The number of fused-ring (bicyclic) bond motifs is 1. The minimum Gasteiger partial charge on any atom is -0.438 e. The normalized spacial score (nSPS) is 11.7. The Morgan fingerprint density at radius 2 is 1.61 bits per heavy atom. The smallest absolute Gasteiger partial charge is 0.239 e. The summed E-state index contributed by atoms with van der Waals surface area (Å²) in [6.45, 7) is 3.86. The Labute approximate surface area is 213 Å². The molecule has 1 unspecified atom stereocenters. The van der Waals surface area contributed by atoms with E-state index in [0.29, 0.717) is 16.9 Å². The SMILES string of the molecule is Cc1cc(SC(C)C(=O)Nc2oc(-c3ccccc3)c(-c3ccccc3)c2C#N)nc2ccccc12. The van der Waals surface area contributed by atoms with Gasteiger partial charge in [-0.1, -0.05) is 90.6 Å². The summed E-state index contributed by atoms with van der Waals surface area (Å²) in [6.07, 6.45) is 0. The highest BCUT2D eigenvalue weighted by molar-refractivity contribution is 8.00. The summed E-state index contributed by atoms with van der Waals surface area (Å²) in [5.41, 5.74) is 4.62. The van der Waals surface area contributed by atoms with Crippen LogP contribution in [0.25, 0.3) is 33.4 Å². The van der Waals surface area contributed by atoms with Gasteiger partial charge in [0.25, 0.3) is 0 Å². The minimum absolute atomic E-state index is 0.148. The first-order valence-corrected chi connectivity index (χ1v) is 12.4. The number of thioether (sulfide) groups is 1. The van der Waals surface area contributed by atoms with E-state index < -0.39 is 5.25 Å². The van der Waals surface area contributed by atoms with E-state index in [0.717, 1.165) is 32.6 Å². The largest absolute Gasteiger partial charge is 0.438 e. The highest BCUT2D eigenvalue weighted by atomic mass is 32.2. The van der Waals surface area contributed by atoms with Crippen molar-refractivity contribution in [2.45, 2.75) is 24.1 Å². The molecule has 1 N–H and O–H groups in total. The molecule has 1 amide bonds. The predicted octanol–water partition coefficient (Wildman–Crippen LogP) is 7.46. The molecule has 0 fully saturated rings. The van der Waals surface area contributed by atoms with Crippen LogP contribution in [0.2, 0.25) is 0 Å². The van der Waals surface area contributed by atoms with E-state index >= 15 is 0 Å². The minimum atomic E-state index is -0.463. The Bertz CT molecular complexity index is 1590. The first-order chi connectivity index (χ1) is 17.5. The second kappa shape index (κ2) is 10.1. The van der Waals surface area contributed by atoms with Gasteiger partial charge in [-0.2, -0.15) is 5.26 Å². The quantitative estimate of drug-likeness (QED) is 0.250. The fourth-order valence-corrected chi connectivity index (χ4v) is 5.05. The van der Waals surface area contributed by atoms with Gasteiger partial charge in [0.05, 0.1) is 15.8 Å². The fraction of sp³-hybridized carbons (Fsp3) is 0.100. The van der Waals surface area contributed by atoms with Gasteiger partial charge in [-0.15, -0.1) is 0 Å². The molecule has 0 spiro atoms. The molecule has 3 aromatic carbocycles. The van der Waals surface area contributed by atoms with E-state index in [2.05, 4.69) is 11.4 Å². The molecule has 0 bridgehead atoms. The van der Waals surface area contributed by atoms with E-state index in [1.165, 1.54) is 11.8 Å². The molecule has 0 saturated carbocycles. The van der Waals surface area contributed by atoms with Crippen LogP contribution in [-0.4, -0.2) is 16.1 Å². The number of benzene rings is 3. The van der Waals surface area contributed by atoms with Crippen molar-refractivity contribution < 1.29 is 9.21 Å². The molecule has 2 aromatic heterocycles. The lowest BCUT2D eigenvalue weighted by atomic mass is 9.98. The van der Waals surface area contributed by atoms with Gasteiger partial charge >= 0.3 is 0 Å². The van der Waals surface area contributed by atoms with Crippen molar-refractivity contribution >= 4 is 34.5 Å². The monoisotopic (exact) mass is 489 g/mol. The van der Waals surface area contributed by atoms with Crippen LogP contribution < -0.4 is 5.32 Å². The summed E-state index contributed by atoms with van der Waals surface area (Å²) in [7, 11) is 0. The highest BCUT2D eigenvalue weighted by Gasteiger charge is 2.26. The number of para-hydroxylation sites is 1. The van der Waals surface area contributed by atoms with Crippen molar-refractivity contribution in [3.63, 3.8) is 0 Å². The van der Waals surface area contributed by atoms with Crippen LogP contribution in [-0.2, 0) is 4.79 Å². The molecule has 5 rings (SSSR count). The Morgan fingerprint density at radius 3 is 2.31 bits per heavy atom. The topological polar surface area (TPSA) is 78.9 Å². The maximum atomic E-state index is 13.2. The van der Waals surface area contributed by atoms with E-state index in [4.69, 9.17) is 9.40 Å². The third kappa shape index (κ3) is 4.61. The number of nitriles is 1. The molecule has 6 heteroatoms. The molecule has 1 atom stereocenters. The molecule has 0 saturated heterocycles. The summed E-state index contributed by atoms with van der Waals surface area (Å²) < 4.78 is 6.15. The number of carbonyl (C=O) groups excluding carboxylic acids is 1. The highest BCUT2D eigenvalue weighted by Crippen LogP contribution is 2.41. The third-order valence-electron chi connectivity index (χ3n) is 5.92. The van der Waals surface area contributed by atoms with Crippen LogP contribution >= 0.6 is 11.8 Å². The van der Waals surface area contributed by atoms with Crippen LogP contribution in [0.4, 0.5) is 5.88 Å². The second-order valence-electron chi connectivity index (χ2n) is 8.40. The first-order valence-electron chi connectivity index (χ1n) is 11.6. The molecule has 2 heterocycles. The van der Waals surface area contributed by atoms with Gasteiger partial charge in [0.15, 0.2) is 0 Å². The van der Waals surface area contributed by atoms with E-state index in [1.54, 1.807) is 0 Å².